The summed E-state index contributed by atoms with van der Waals surface area (Å²) in [5, 5.41) is 23.6. The van der Waals surface area contributed by atoms with Crippen LogP contribution in [0.4, 0.5) is 22.4 Å². The lowest BCUT2D eigenvalue weighted by Gasteiger charge is -2.40. The van der Waals surface area contributed by atoms with E-state index in [0.29, 0.717) is 55.7 Å². The van der Waals surface area contributed by atoms with Gasteiger partial charge in [-0.2, -0.15) is 15.3 Å². The SMILES string of the molecule is CCC[C@@H](CCCNc1ncc(C#N)c(N2CCCC3(CNC(=O)C3)C2)n1)N(C(=O)NCc1ccccc1)c1ccc(-c2cnn(C)c2)cn1. The minimum atomic E-state index is -0.194. The molecule has 13 nitrogen and oxygen atoms in total. The molecule has 0 radical (unpaired) electrons. The second-order valence-electron chi connectivity index (χ2n) is 13.4. The van der Waals surface area contributed by atoms with Crippen molar-refractivity contribution in [3.8, 4) is 17.2 Å². The van der Waals surface area contributed by atoms with Gasteiger partial charge in [0.25, 0.3) is 0 Å². The summed E-state index contributed by atoms with van der Waals surface area (Å²) in [7, 11) is 1.88. The molecule has 1 spiro atoms. The molecule has 2 saturated heterocycles. The molecule has 5 heterocycles. The number of pyridine rings is 1. The van der Waals surface area contributed by atoms with Gasteiger partial charge >= 0.3 is 6.03 Å². The molecule has 13 heteroatoms. The van der Waals surface area contributed by atoms with Crippen molar-refractivity contribution in [1.29, 1.82) is 5.26 Å². The van der Waals surface area contributed by atoms with Gasteiger partial charge in [-0.1, -0.05) is 43.7 Å². The number of nitrogens with one attached hydrogen (secondary N) is 3. The third-order valence-electron chi connectivity index (χ3n) is 9.57. The molecule has 0 saturated carbocycles. The topological polar surface area (TPSA) is 157 Å². The average molecular weight is 676 g/mol. The Hall–Kier alpha value is -5.51. The van der Waals surface area contributed by atoms with E-state index in [1.807, 2.05) is 55.7 Å². The maximum Gasteiger partial charge on any atom is 0.323 e. The van der Waals surface area contributed by atoms with Crippen molar-refractivity contribution in [3.05, 3.63) is 78.4 Å². The smallest absolute Gasteiger partial charge is 0.323 e. The Bertz CT molecular complexity index is 1800. The Morgan fingerprint density at radius 3 is 2.68 bits per heavy atom. The van der Waals surface area contributed by atoms with Crippen LogP contribution in [0.1, 0.15) is 63.0 Å². The first-order valence-electron chi connectivity index (χ1n) is 17.4. The molecule has 4 aromatic rings. The Kier molecular flexibility index (Phi) is 10.9. The van der Waals surface area contributed by atoms with Crippen LogP contribution in [0.5, 0.6) is 0 Å². The van der Waals surface area contributed by atoms with Gasteiger partial charge < -0.3 is 20.9 Å². The number of hydrogen-bond acceptors (Lipinski definition) is 9. The zero-order valence-electron chi connectivity index (χ0n) is 28.8. The minimum absolute atomic E-state index is 0.0866. The average Bonchev–Trinajstić information content (AvgIpc) is 3.74. The van der Waals surface area contributed by atoms with Gasteiger partial charge in [-0.15, -0.1) is 0 Å². The fraction of sp³-hybridized carbons (Fsp3) is 0.432. The van der Waals surface area contributed by atoms with Crippen LogP contribution < -0.4 is 25.8 Å². The molecule has 2 aliphatic heterocycles. The molecular weight excluding hydrogens is 630 g/mol. The molecule has 3 N–H and O–H groups in total. The van der Waals surface area contributed by atoms with Crippen molar-refractivity contribution >= 4 is 29.5 Å². The Morgan fingerprint density at radius 1 is 1.12 bits per heavy atom. The summed E-state index contributed by atoms with van der Waals surface area (Å²) in [4.78, 5) is 43.8. The van der Waals surface area contributed by atoms with E-state index in [-0.39, 0.29) is 23.4 Å². The number of nitrogens with zero attached hydrogens (tertiary/aromatic N) is 8. The molecule has 50 heavy (non-hydrogen) atoms. The van der Waals surface area contributed by atoms with Crippen LogP contribution in [-0.4, -0.2) is 68.9 Å². The van der Waals surface area contributed by atoms with Crippen molar-refractivity contribution in [3.63, 3.8) is 0 Å². The Morgan fingerprint density at radius 2 is 1.98 bits per heavy atom. The number of urea groups is 1. The van der Waals surface area contributed by atoms with Crippen molar-refractivity contribution < 1.29 is 9.59 Å². The number of carbonyl (C=O) groups is 2. The Balaban J connectivity index is 1.14. The van der Waals surface area contributed by atoms with Crippen molar-refractivity contribution in [2.24, 2.45) is 12.5 Å². The third-order valence-corrected chi connectivity index (χ3v) is 9.57. The van der Waals surface area contributed by atoms with Crippen molar-refractivity contribution in [2.75, 3.05) is 41.3 Å². The lowest BCUT2D eigenvalue weighted by atomic mass is 9.79. The second kappa shape index (κ2) is 15.8. The van der Waals surface area contributed by atoms with Gasteiger partial charge in [0.2, 0.25) is 11.9 Å². The fourth-order valence-corrected chi connectivity index (χ4v) is 7.07. The van der Waals surface area contributed by atoms with Gasteiger partial charge in [0, 0.05) is 81.2 Å². The molecule has 2 atom stereocenters. The van der Waals surface area contributed by atoms with E-state index in [4.69, 9.17) is 9.97 Å². The van der Waals surface area contributed by atoms with Crippen LogP contribution >= 0.6 is 0 Å². The number of piperidine rings is 1. The number of anilines is 3. The first kappa shape index (κ1) is 34.4. The fourth-order valence-electron chi connectivity index (χ4n) is 7.07. The molecule has 1 unspecified atom stereocenters. The van der Waals surface area contributed by atoms with E-state index in [1.165, 1.54) is 0 Å². The highest BCUT2D eigenvalue weighted by Crippen LogP contribution is 2.38. The van der Waals surface area contributed by atoms with E-state index in [0.717, 1.165) is 61.8 Å². The number of benzene rings is 1. The highest BCUT2D eigenvalue weighted by Gasteiger charge is 2.42. The van der Waals surface area contributed by atoms with E-state index in [2.05, 4.69) is 43.9 Å². The first-order chi connectivity index (χ1) is 24.4. The number of nitriles is 1. The van der Waals surface area contributed by atoms with E-state index in [9.17, 15) is 14.9 Å². The van der Waals surface area contributed by atoms with E-state index < -0.39 is 0 Å². The zero-order chi connectivity index (χ0) is 34.9. The van der Waals surface area contributed by atoms with Crippen LogP contribution in [0.3, 0.4) is 0 Å². The van der Waals surface area contributed by atoms with Crippen LogP contribution in [0, 0.1) is 16.7 Å². The standard InChI is InChI=1S/C37H45N11O2/c1-3-9-31(12-7-16-39-35-41-22-29(19-38)34(45-35)47-17-8-15-37(26-47)18-33(49)43-25-37)48(36(50)42-20-27-10-5-4-6-11-27)32-14-13-28(21-40-32)30-23-44-46(2)24-30/h4-6,10-11,13-14,21-24,31H,3,7-9,12,15-18,20,25-26H2,1-2H3,(H,42,50)(H,43,49)(H,39,41,45)/t31-,37?/m0/s1. The summed E-state index contributed by atoms with van der Waals surface area (Å²) in [5.74, 6) is 1.74. The normalized spacial score (nSPS) is 17.6. The number of carbonyl (C=O) groups excluding carboxylic acids is 2. The largest absolute Gasteiger partial charge is 0.355 e. The van der Waals surface area contributed by atoms with Crippen LogP contribution in [0.25, 0.3) is 11.1 Å². The van der Waals surface area contributed by atoms with Gasteiger partial charge in [-0.3, -0.25) is 14.4 Å². The summed E-state index contributed by atoms with van der Waals surface area (Å²) < 4.78 is 1.75. The maximum atomic E-state index is 13.9. The number of aromatic nitrogens is 5. The second-order valence-corrected chi connectivity index (χ2v) is 13.4. The number of amides is 3. The molecule has 260 valence electrons. The lowest BCUT2D eigenvalue weighted by Crippen LogP contribution is -2.47. The monoisotopic (exact) mass is 675 g/mol. The first-order valence-corrected chi connectivity index (χ1v) is 17.4. The van der Waals surface area contributed by atoms with Crippen molar-refractivity contribution in [1.82, 2.24) is 35.4 Å². The number of hydrogen-bond donors (Lipinski definition) is 3. The van der Waals surface area contributed by atoms with Gasteiger partial charge in [-0.25, -0.2) is 14.8 Å². The van der Waals surface area contributed by atoms with E-state index in [1.54, 1.807) is 28.2 Å². The van der Waals surface area contributed by atoms with E-state index >= 15 is 0 Å². The lowest BCUT2D eigenvalue weighted by molar-refractivity contribution is -0.119. The third kappa shape index (κ3) is 8.19. The summed E-state index contributed by atoms with van der Waals surface area (Å²) in [6.07, 6.45) is 12.7. The predicted molar refractivity (Wildman–Crippen MR) is 192 cm³/mol. The predicted octanol–water partition coefficient (Wildman–Crippen LogP) is 5.03. The molecule has 2 aliphatic rings. The number of rotatable bonds is 13. The molecule has 2 fully saturated rings. The Labute approximate surface area is 293 Å². The summed E-state index contributed by atoms with van der Waals surface area (Å²) >= 11 is 0. The number of aryl methyl sites for hydroxylation is 1. The highest BCUT2D eigenvalue weighted by molar-refractivity contribution is 5.91. The van der Waals surface area contributed by atoms with Crippen molar-refractivity contribution in [2.45, 2.75) is 64.5 Å². The molecule has 6 rings (SSSR count). The van der Waals surface area contributed by atoms with Gasteiger partial charge in [0.05, 0.1) is 12.4 Å². The maximum absolute atomic E-state index is 13.9. The van der Waals surface area contributed by atoms with Crippen LogP contribution in [0.15, 0.2) is 67.3 Å². The molecule has 1 aromatic carbocycles. The molecule has 0 bridgehead atoms. The van der Waals surface area contributed by atoms with Crippen LogP contribution in [-0.2, 0) is 18.4 Å². The van der Waals surface area contributed by atoms with Gasteiger partial charge in [0.15, 0.2) is 5.82 Å². The molecule has 3 amide bonds. The highest BCUT2D eigenvalue weighted by atomic mass is 16.2. The quantitative estimate of drug-likeness (QED) is 0.166. The summed E-state index contributed by atoms with van der Waals surface area (Å²) in [5.41, 5.74) is 3.21. The zero-order valence-corrected chi connectivity index (χ0v) is 28.8. The van der Waals surface area contributed by atoms with Gasteiger partial charge in [0.1, 0.15) is 17.5 Å². The molecule has 0 aliphatic carbocycles. The minimum Gasteiger partial charge on any atom is -0.355 e. The molecule has 3 aromatic heterocycles. The molecular formula is C37H45N11O2. The van der Waals surface area contributed by atoms with Crippen LogP contribution in [0.2, 0.25) is 0 Å². The summed E-state index contributed by atoms with van der Waals surface area (Å²) in [6.45, 7) is 5.23. The van der Waals surface area contributed by atoms with Gasteiger partial charge in [-0.05, 0) is 49.8 Å². The summed E-state index contributed by atoms with van der Waals surface area (Å²) in [6, 6.07) is 15.7.